The second kappa shape index (κ2) is 12.5. The van der Waals surface area contributed by atoms with Gasteiger partial charge in [-0.05, 0) is 78.2 Å². The molecule has 222 valence electrons. The predicted octanol–water partition coefficient (Wildman–Crippen LogP) is 7.87. The van der Waals surface area contributed by atoms with Gasteiger partial charge in [0.25, 0.3) is 5.91 Å². The van der Waals surface area contributed by atoms with Crippen LogP contribution in [0.25, 0.3) is 22.2 Å². The minimum atomic E-state index is -1.02. The van der Waals surface area contributed by atoms with Gasteiger partial charge in [-0.15, -0.1) is 11.3 Å². The molecule has 2 saturated carbocycles. The molecular weight excluding hydrogens is 618 g/mol. The topological polar surface area (TPSA) is 103 Å². The van der Waals surface area contributed by atoms with Gasteiger partial charge >= 0.3 is 5.97 Å². The number of carbonyl (C=O) groups excluding carboxylic acids is 1. The van der Waals surface area contributed by atoms with Crippen molar-refractivity contribution in [1.29, 1.82) is 0 Å². The number of thiazole rings is 1. The van der Waals surface area contributed by atoms with Crippen molar-refractivity contribution < 1.29 is 24.2 Å². The van der Waals surface area contributed by atoms with Crippen LogP contribution in [-0.4, -0.2) is 40.8 Å². The number of aliphatic carboxylic acids is 1. The summed E-state index contributed by atoms with van der Waals surface area (Å²) in [4.78, 5) is 30.7. The molecule has 2 N–H and O–H groups in total. The van der Waals surface area contributed by atoms with Gasteiger partial charge in [-0.2, -0.15) is 0 Å². The maximum absolute atomic E-state index is 13.4. The van der Waals surface area contributed by atoms with Crippen LogP contribution in [0.4, 0.5) is 5.13 Å². The van der Waals surface area contributed by atoms with Crippen LogP contribution in [0, 0.1) is 25.7 Å². The van der Waals surface area contributed by atoms with Crippen molar-refractivity contribution in [3.63, 3.8) is 0 Å². The number of benzene rings is 2. The molecule has 2 aromatic heterocycles. The molecule has 6 rings (SSSR count). The number of hydrogen-bond acceptors (Lipinski definition) is 6. The van der Waals surface area contributed by atoms with E-state index in [1.165, 1.54) is 29.6 Å². The molecule has 0 saturated heterocycles. The fourth-order valence-corrected chi connectivity index (χ4v) is 7.44. The zero-order chi connectivity index (χ0) is 30.1. The molecule has 42 heavy (non-hydrogen) atoms. The lowest BCUT2D eigenvalue weighted by atomic mass is 10.1. The number of carbonyl (C=O) groups is 2. The highest BCUT2D eigenvalue weighted by atomic mass is 79.9. The zero-order valence-electron chi connectivity index (χ0n) is 24.5. The Morgan fingerprint density at radius 1 is 1.10 bits per heavy atom. The average molecular weight is 655 g/mol. The smallest absolute Gasteiger partial charge is 0.323 e. The molecule has 2 aliphatic carbocycles. The second-order valence-electron chi connectivity index (χ2n) is 11.0. The van der Waals surface area contributed by atoms with Crippen LogP contribution in [-0.2, 0) is 17.8 Å². The number of carboxylic acids is 1. The van der Waals surface area contributed by atoms with E-state index >= 15 is 0 Å². The van der Waals surface area contributed by atoms with Gasteiger partial charge < -0.3 is 19.1 Å². The molecule has 8 nitrogen and oxygen atoms in total. The van der Waals surface area contributed by atoms with Gasteiger partial charge in [0.1, 0.15) is 23.7 Å². The first-order chi connectivity index (χ1) is 20.1. The van der Waals surface area contributed by atoms with Crippen molar-refractivity contribution in [3.8, 4) is 22.8 Å². The average Bonchev–Trinajstić information content (AvgIpc) is 3.26. The molecule has 0 radical (unpaired) electrons. The van der Waals surface area contributed by atoms with Crippen LogP contribution in [0.5, 0.6) is 11.5 Å². The van der Waals surface area contributed by atoms with E-state index in [0.29, 0.717) is 28.7 Å². The van der Waals surface area contributed by atoms with Gasteiger partial charge in [0.2, 0.25) is 0 Å². The first-order valence-corrected chi connectivity index (χ1v) is 15.8. The number of nitrogens with zero attached hydrogens (tertiary/aromatic N) is 2. The molecule has 2 aromatic carbocycles. The Balaban J connectivity index is 0.000000513. The van der Waals surface area contributed by atoms with Gasteiger partial charge in [0.15, 0.2) is 5.13 Å². The molecule has 2 heterocycles. The van der Waals surface area contributed by atoms with E-state index in [9.17, 15) is 14.7 Å². The Bertz CT molecular complexity index is 1650. The van der Waals surface area contributed by atoms with Crippen molar-refractivity contribution in [3.05, 3.63) is 56.5 Å². The molecule has 2 aliphatic rings. The molecule has 10 heteroatoms. The summed E-state index contributed by atoms with van der Waals surface area (Å²) in [5, 5.41) is 13.6. The van der Waals surface area contributed by atoms with Gasteiger partial charge in [0, 0.05) is 21.9 Å². The van der Waals surface area contributed by atoms with Crippen molar-refractivity contribution >= 4 is 55.2 Å². The van der Waals surface area contributed by atoms with Crippen molar-refractivity contribution in [2.24, 2.45) is 11.8 Å². The summed E-state index contributed by atoms with van der Waals surface area (Å²) in [7, 11) is 3.16. The summed E-state index contributed by atoms with van der Waals surface area (Å²) in [6, 6.07) is 9.32. The van der Waals surface area contributed by atoms with E-state index in [-0.39, 0.29) is 12.2 Å². The minimum Gasteiger partial charge on any atom is -0.496 e. The first-order valence-electron chi connectivity index (χ1n) is 14.2. The lowest BCUT2D eigenvalue weighted by molar-refractivity contribution is -0.137. The van der Waals surface area contributed by atoms with Gasteiger partial charge in [-0.25, -0.2) is 4.98 Å². The molecule has 0 aliphatic heterocycles. The third-order valence-electron chi connectivity index (χ3n) is 8.04. The standard InChI is InChI=1S/C26H26BrN3O5S.C6H10/c1-6-21-23(16-10-17(27)20(35-5)11-19(16)34-4)28-26(36-21)29-25(33)18-9-15-8-13(2)7-14(3)24(15)30(18)12-22(31)32;1-2-5-4-6(5)3-1/h7-11H,6,12H2,1-5H3,(H,31,32)(H,28,29,33);5-6H,1-4H2. The Morgan fingerprint density at radius 3 is 2.38 bits per heavy atom. The quantitative estimate of drug-likeness (QED) is 0.201. The number of nitrogens with one attached hydrogen (secondary N) is 1. The number of amides is 1. The number of aryl methyl sites for hydroxylation is 3. The number of fused-ring (bicyclic) bond motifs is 2. The van der Waals surface area contributed by atoms with Crippen molar-refractivity contribution in [2.75, 3.05) is 19.5 Å². The summed E-state index contributed by atoms with van der Waals surface area (Å²) in [5.41, 5.74) is 4.42. The monoisotopic (exact) mass is 653 g/mol. The van der Waals surface area contributed by atoms with Crippen molar-refractivity contribution in [2.45, 2.75) is 59.4 Å². The maximum Gasteiger partial charge on any atom is 0.323 e. The maximum atomic E-state index is 13.4. The van der Waals surface area contributed by atoms with Crippen LogP contribution in [0.1, 0.15) is 59.1 Å². The number of methoxy groups -OCH3 is 2. The van der Waals surface area contributed by atoms with Crippen LogP contribution < -0.4 is 14.8 Å². The summed E-state index contributed by atoms with van der Waals surface area (Å²) in [5.74, 6) is 2.21. The molecule has 2 fully saturated rings. The van der Waals surface area contributed by atoms with E-state index in [4.69, 9.17) is 14.5 Å². The van der Waals surface area contributed by atoms with Gasteiger partial charge in [-0.1, -0.05) is 37.8 Å². The third kappa shape index (κ3) is 6.20. The summed E-state index contributed by atoms with van der Waals surface area (Å²) >= 11 is 4.90. The number of rotatable bonds is 8. The predicted molar refractivity (Wildman–Crippen MR) is 170 cm³/mol. The van der Waals surface area contributed by atoms with Crippen molar-refractivity contribution in [1.82, 2.24) is 9.55 Å². The van der Waals surface area contributed by atoms with E-state index in [0.717, 1.165) is 36.9 Å². The molecule has 2 atom stereocenters. The number of anilines is 1. The first kappa shape index (κ1) is 30.1. The Hall–Kier alpha value is -3.37. The summed E-state index contributed by atoms with van der Waals surface area (Å²) in [6.07, 6.45) is 6.94. The highest BCUT2D eigenvalue weighted by molar-refractivity contribution is 9.10. The zero-order valence-corrected chi connectivity index (χ0v) is 26.9. The highest BCUT2D eigenvalue weighted by Crippen LogP contribution is 2.51. The van der Waals surface area contributed by atoms with E-state index < -0.39 is 11.9 Å². The van der Waals surface area contributed by atoms with E-state index in [2.05, 4.69) is 21.2 Å². The SMILES string of the molecule is C1CC2CC2C1.CCc1sc(NC(=O)c2cc3cc(C)cc(C)c3n2CC(=O)O)nc1-c1cc(Br)c(OC)cc1OC. The van der Waals surface area contributed by atoms with Crippen LogP contribution in [0.15, 0.2) is 34.8 Å². The largest absolute Gasteiger partial charge is 0.496 e. The van der Waals surface area contributed by atoms with Crippen LogP contribution in [0.2, 0.25) is 0 Å². The lowest BCUT2D eigenvalue weighted by Crippen LogP contribution is -2.20. The summed E-state index contributed by atoms with van der Waals surface area (Å²) < 4.78 is 13.3. The van der Waals surface area contributed by atoms with Gasteiger partial charge in [-0.3, -0.25) is 14.9 Å². The van der Waals surface area contributed by atoms with Gasteiger partial charge in [0.05, 0.1) is 29.9 Å². The van der Waals surface area contributed by atoms with Crippen LogP contribution >= 0.6 is 27.3 Å². The van der Waals surface area contributed by atoms with Crippen LogP contribution in [0.3, 0.4) is 0 Å². The fraction of sp³-hybridized carbons (Fsp3) is 0.406. The molecule has 0 spiro atoms. The number of hydrogen-bond donors (Lipinski definition) is 2. The molecule has 4 aromatic rings. The third-order valence-corrected chi connectivity index (χ3v) is 9.77. The Kier molecular flexibility index (Phi) is 8.94. The minimum absolute atomic E-state index is 0.265. The second-order valence-corrected chi connectivity index (χ2v) is 12.9. The highest BCUT2D eigenvalue weighted by Gasteiger charge is 2.40. The number of aromatic nitrogens is 2. The lowest BCUT2D eigenvalue weighted by Gasteiger charge is -2.12. The molecule has 1 amide bonds. The number of ether oxygens (including phenoxy) is 2. The number of carboxylic acid groups (broad SMARTS) is 1. The normalized spacial score (nSPS) is 16.9. The van der Waals surface area contributed by atoms with E-state index in [1.807, 2.05) is 39.0 Å². The van der Waals surface area contributed by atoms with E-state index in [1.54, 1.807) is 50.2 Å². The Labute approximate surface area is 258 Å². The summed E-state index contributed by atoms with van der Waals surface area (Å²) in [6.45, 7) is 5.58. The molecular formula is C32H36BrN3O5S. The molecule has 0 bridgehead atoms. The Morgan fingerprint density at radius 2 is 1.81 bits per heavy atom. The number of halogens is 1. The fourth-order valence-electron chi connectivity index (χ4n) is 6.03. The molecule has 2 unspecified atom stereocenters.